The second kappa shape index (κ2) is 9.06. The van der Waals surface area contributed by atoms with Gasteiger partial charge < -0.3 is 14.5 Å². The van der Waals surface area contributed by atoms with Crippen LogP contribution < -0.4 is 0 Å². The maximum Gasteiger partial charge on any atom is 0.228 e. The Labute approximate surface area is 175 Å². The molecule has 0 saturated carbocycles. The predicted octanol–water partition coefficient (Wildman–Crippen LogP) is 3.37. The summed E-state index contributed by atoms with van der Waals surface area (Å²) in [6.07, 6.45) is 3.01. The van der Waals surface area contributed by atoms with Gasteiger partial charge in [0.15, 0.2) is 0 Å². The summed E-state index contributed by atoms with van der Waals surface area (Å²) in [4.78, 5) is 29.5. The first kappa shape index (κ1) is 20.0. The molecule has 0 radical (unpaired) electrons. The third-order valence-corrected chi connectivity index (χ3v) is 7.70. The van der Waals surface area contributed by atoms with Crippen LogP contribution in [0, 0.1) is 5.92 Å². The van der Waals surface area contributed by atoms with Crippen LogP contribution in [0.1, 0.15) is 36.5 Å². The Kier molecular flexibility index (Phi) is 6.48. The zero-order chi connectivity index (χ0) is 19.5. The van der Waals surface area contributed by atoms with Gasteiger partial charge in [0.25, 0.3) is 0 Å². The van der Waals surface area contributed by atoms with Crippen LogP contribution in [0.3, 0.4) is 0 Å². The van der Waals surface area contributed by atoms with Crippen molar-refractivity contribution < 1.29 is 14.3 Å². The highest BCUT2D eigenvalue weighted by Crippen LogP contribution is 2.38. The molecule has 0 aliphatic carbocycles. The van der Waals surface area contributed by atoms with Gasteiger partial charge in [-0.2, -0.15) is 11.8 Å². The van der Waals surface area contributed by atoms with Crippen molar-refractivity contribution in [2.45, 2.75) is 37.0 Å². The van der Waals surface area contributed by atoms with Crippen LogP contribution in [0.2, 0.25) is 5.02 Å². The second-order valence-corrected chi connectivity index (χ2v) is 9.50. The van der Waals surface area contributed by atoms with Crippen LogP contribution in [-0.4, -0.2) is 66.3 Å². The van der Waals surface area contributed by atoms with E-state index in [1.807, 2.05) is 39.8 Å². The average Bonchev–Trinajstić information content (AvgIpc) is 2.95. The summed E-state index contributed by atoms with van der Waals surface area (Å²) in [6, 6.07) is 8.22. The van der Waals surface area contributed by atoms with Gasteiger partial charge in [-0.1, -0.05) is 29.8 Å². The third kappa shape index (κ3) is 4.34. The molecule has 2 amide bonds. The number of thioether (sulfide) groups is 1. The predicted molar refractivity (Wildman–Crippen MR) is 112 cm³/mol. The molecule has 2 unspecified atom stereocenters. The van der Waals surface area contributed by atoms with E-state index in [1.165, 1.54) is 0 Å². The Morgan fingerprint density at radius 3 is 2.71 bits per heavy atom. The van der Waals surface area contributed by atoms with Crippen molar-refractivity contribution in [1.29, 1.82) is 0 Å². The quantitative estimate of drug-likeness (QED) is 0.749. The van der Waals surface area contributed by atoms with E-state index in [0.29, 0.717) is 31.4 Å². The molecule has 7 heteroatoms. The molecule has 0 aromatic heterocycles. The van der Waals surface area contributed by atoms with E-state index >= 15 is 0 Å². The van der Waals surface area contributed by atoms with Gasteiger partial charge in [0.1, 0.15) is 0 Å². The van der Waals surface area contributed by atoms with Gasteiger partial charge in [-0.05, 0) is 30.9 Å². The van der Waals surface area contributed by atoms with Crippen molar-refractivity contribution in [3.05, 3.63) is 34.9 Å². The van der Waals surface area contributed by atoms with Crippen molar-refractivity contribution in [3.63, 3.8) is 0 Å². The van der Waals surface area contributed by atoms with Gasteiger partial charge in [0.2, 0.25) is 11.8 Å². The molecule has 152 valence electrons. The fourth-order valence-electron chi connectivity index (χ4n) is 4.48. The summed E-state index contributed by atoms with van der Waals surface area (Å²) >= 11 is 8.24. The van der Waals surface area contributed by atoms with Crippen molar-refractivity contribution in [2.75, 3.05) is 38.6 Å². The highest BCUT2D eigenvalue weighted by atomic mass is 35.5. The molecule has 1 aromatic rings. The number of ether oxygens (including phenoxy) is 1. The molecule has 3 aliphatic rings. The minimum absolute atomic E-state index is 0.128. The Morgan fingerprint density at radius 1 is 1.14 bits per heavy atom. The first-order chi connectivity index (χ1) is 13.6. The molecule has 3 fully saturated rings. The van der Waals surface area contributed by atoms with Crippen molar-refractivity contribution in [3.8, 4) is 0 Å². The Hall–Kier alpha value is -1.24. The Morgan fingerprint density at radius 2 is 1.93 bits per heavy atom. The van der Waals surface area contributed by atoms with Crippen LogP contribution >= 0.6 is 23.4 Å². The number of rotatable bonds is 3. The number of likely N-dealkylation sites (tertiary alicyclic amines) is 1. The van der Waals surface area contributed by atoms with Crippen molar-refractivity contribution >= 4 is 35.2 Å². The molecule has 3 aliphatic heterocycles. The van der Waals surface area contributed by atoms with E-state index in [-0.39, 0.29) is 23.8 Å². The minimum Gasteiger partial charge on any atom is -0.381 e. The fourth-order valence-corrected chi connectivity index (χ4v) is 6.08. The monoisotopic (exact) mass is 422 g/mol. The maximum atomic E-state index is 13.1. The molecule has 3 heterocycles. The zero-order valence-corrected chi connectivity index (χ0v) is 17.6. The van der Waals surface area contributed by atoms with E-state index in [2.05, 4.69) is 6.07 Å². The maximum absolute atomic E-state index is 13.1. The summed E-state index contributed by atoms with van der Waals surface area (Å²) in [6.45, 7) is 3.45. The smallest absolute Gasteiger partial charge is 0.228 e. The SMILES string of the molecule is O=C(C1CC(=O)N(C2CCOCC2)C1)N1CCSC(c2ccccc2Cl)CC1. The zero-order valence-electron chi connectivity index (χ0n) is 16.0. The molecular weight excluding hydrogens is 396 g/mol. The van der Waals surface area contributed by atoms with E-state index < -0.39 is 0 Å². The van der Waals surface area contributed by atoms with E-state index in [9.17, 15) is 9.59 Å². The number of benzene rings is 1. The lowest BCUT2D eigenvalue weighted by Gasteiger charge is -2.31. The first-order valence-electron chi connectivity index (χ1n) is 10.2. The molecule has 0 N–H and O–H groups in total. The summed E-state index contributed by atoms with van der Waals surface area (Å²) in [7, 11) is 0. The van der Waals surface area contributed by atoms with E-state index in [4.69, 9.17) is 16.3 Å². The number of carbonyl (C=O) groups is 2. The molecule has 28 heavy (non-hydrogen) atoms. The van der Waals surface area contributed by atoms with Crippen molar-refractivity contribution in [2.24, 2.45) is 5.92 Å². The lowest BCUT2D eigenvalue weighted by Crippen LogP contribution is -2.42. The first-order valence-corrected chi connectivity index (χ1v) is 11.6. The molecule has 1 aromatic carbocycles. The van der Waals surface area contributed by atoms with E-state index in [0.717, 1.165) is 48.7 Å². The standard InChI is InChI=1S/C21H27ClN2O3S/c22-18-4-2-1-3-17(18)19-5-8-23(9-12-28-19)21(26)15-13-20(25)24(14-15)16-6-10-27-11-7-16/h1-4,15-16,19H,5-14H2. The van der Waals surface area contributed by atoms with Crippen molar-refractivity contribution in [1.82, 2.24) is 9.80 Å². The van der Waals surface area contributed by atoms with Gasteiger partial charge in [-0.25, -0.2) is 0 Å². The normalized spacial score (nSPS) is 27.1. The van der Waals surface area contributed by atoms with E-state index in [1.54, 1.807) is 0 Å². The molecule has 0 bridgehead atoms. The lowest BCUT2D eigenvalue weighted by atomic mass is 10.1. The van der Waals surface area contributed by atoms with Crippen LogP contribution in [0.25, 0.3) is 0 Å². The van der Waals surface area contributed by atoms with Gasteiger partial charge in [-0.15, -0.1) is 0 Å². The minimum atomic E-state index is -0.197. The fraction of sp³-hybridized carbons (Fsp3) is 0.619. The van der Waals surface area contributed by atoms with Crippen LogP contribution in [0.5, 0.6) is 0 Å². The Bertz CT molecular complexity index is 725. The second-order valence-electron chi connectivity index (χ2n) is 7.79. The third-order valence-electron chi connectivity index (χ3n) is 6.04. The number of nitrogens with zero attached hydrogens (tertiary/aromatic N) is 2. The average molecular weight is 423 g/mol. The summed E-state index contributed by atoms with van der Waals surface area (Å²) < 4.78 is 5.41. The van der Waals surface area contributed by atoms with Gasteiger partial charge in [0.05, 0.1) is 5.92 Å². The van der Waals surface area contributed by atoms with Crippen LogP contribution in [0.15, 0.2) is 24.3 Å². The van der Waals surface area contributed by atoms with Gasteiger partial charge in [0, 0.05) is 61.3 Å². The largest absolute Gasteiger partial charge is 0.381 e. The highest BCUT2D eigenvalue weighted by Gasteiger charge is 2.40. The number of halogens is 1. The molecule has 0 spiro atoms. The number of hydrogen-bond acceptors (Lipinski definition) is 4. The highest BCUT2D eigenvalue weighted by molar-refractivity contribution is 7.99. The van der Waals surface area contributed by atoms with Crippen LogP contribution in [-0.2, 0) is 14.3 Å². The molecule has 2 atom stereocenters. The van der Waals surface area contributed by atoms with Gasteiger partial charge >= 0.3 is 0 Å². The van der Waals surface area contributed by atoms with Gasteiger partial charge in [-0.3, -0.25) is 9.59 Å². The summed E-state index contributed by atoms with van der Waals surface area (Å²) in [5.74, 6) is 0.968. The molecule has 3 saturated heterocycles. The molecule has 4 rings (SSSR count). The molecule has 5 nitrogen and oxygen atoms in total. The lowest BCUT2D eigenvalue weighted by molar-refractivity contribution is -0.135. The molecular formula is C21H27ClN2O3S. The topological polar surface area (TPSA) is 49.9 Å². The number of hydrogen-bond donors (Lipinski definition) is 0. The number of amides is 2. The number of carbonyl (C=O) groups excluding carboxylic acids is 2. The van der Waals surface area contributed by atoms with Crippen LogP contribution in [0.4, 0.5) is 0 Å². The summed E-state index contributed by atoms with van der Waals surface area (Å²) in [5.41, 5.74) is 1.16. The summed E-state index contributed by atoms with van der Waals surface area (Å²) in [5, 5.41) is 1.11. The Balaban J connectivity index is 1.36.